The predicted molar refractivity (Wildman–Crippen MR) is 80.6 cm³/mol. The van der Waals surface area contributed by atoms with Crippen LogP contribution in [0.2, 0.25) is 0 Å². The van der Waals surface area contributed by atoms with Crippen LogP contribution in [-0.4, -0.2) is 119 Å². The second-order valence-corrected chi connectivity index (χ2v) is 7.50. The third kappa shape index (κ3) is 5.08. The Kier molecular flexibility index (Phi) is 7.32. The molecule has 2 rings (SSSR count). The molecular weight excluding hydrogens is 431 g/mol. The predicted octanol–water partition coefficient (Wildman–Crippen LogP) is -5.10. The molecule has 168 valence electrons. The van der Waals surface area contributed by atoms with Crippen molar-refractivity contribution >= 4 is 19.8 Å². The molecule has 0 radical (unpaired) electrons. The highest BCUT2D eigenvalue weighted by Crippen LogP contribution is 2.49. The zero-order valence-electron chi connectivity index (χ0n) is 14.1. The lowest BCUT2D eigenvalue weighted by Gasteiger charge is -2.41. The lowest BCUT2D eigenvalue weighted by atomic mass is 9.99. The van der Waals surface area contributed by atoms with Crippen molar-refractivity contribution in [3.05, 3.63) is 0 Å². The second kappa shape index (κ2) is 8.84. The van der Waals surface area contributed by atoms with Gasteiger partial charge in [0.15, 0.2) is 24.8 Å². The molecule has 2 saturated heterocycles. The largest absolute Gasteiger partial charge is 0.479 e. The first-order chi connectivity index (χ1) is 13.3. The maximum atomic E-state index is 12.2. The van der Waals surface area contributed by atoms with Gasteiger partial charge in [0.2, 0.25) is 0 Å². The van der Waals surface area contributed by atoms with E-state index in [4.69, 9.17) is 10.2 Å². The summed E-state index contributed by atoms with van der Waals surface area (Å²) in [5, 5.41) is 75.8. The molecule has 17 heteroatoms. The Morgan fingerprint density at radius 1 is 0.690 bits per heavy atom. The lowest BCUT2D eigenvalue weighted by Crippen LogP contribution is -2.61. The van der Waals surface area contributed by atoms with Gasteiger partial charge in [0.05, 0.1) is 0 Å². The number of aliphatic hydroxyl groups is 6. The third-order valence-electron chi connectivity index (χ3n) is 4.12. The van der Waals surface area contributed by atoms with Gasteiger partial charge in [-0.15, -0.1) is 0 Å². The summed E-state index contributed by atoms with van der Waals surface area (Å²) in [6.07, 6.45) is -22.2. The van der Waals surface area contributed by atoms with Crippen molar-refractivity contribution in [2.45, 2.75) is 61.4 Å². The number of phosphoric ester groups is 1. The molecule has 16 nitrogen and oxygen atoms in total. The molecule has 29 heavy (non-hydrogen) atoms. The van der Waals surface area contributed by atoms with Crippen molar-refractivity contribution in [3.8, 4) is 0 Å². The first kappa shape index (κ1) is 24.0. The van der Waals surface area contributed by atoms with Gasteiger partial charge in [0.1, 0.15) is 36.6 Å². The van der Waals surface area contributed by atoms with E-state index in [0.717, 1.165) is 0 Å². The van der Waals surface area contributed by atoms with Crippen LogP contribution in [0, 0.1) is 0 Å². The summed E-state index contributed by atoms with van der Waals surface area (Å²) in [6, 6.07) is 0. The standard InChI is InChI=1S/C12H19O16P/c13-1-2(14)7(12(22)25-6(1)9(17)18)28-29(23,24)27-5-3(15)4(16)11(21)26-8(5)10(19)20/h1-8,11-16,21-22H,(H,17,18)(H,19,20)(H,23,24)/t1-,2+,3+,4?,5+,6?,7?,8?,11-,12+/m1/s1. The average Bonchev–Trinajstić information content (AvgIpc) is 2.61. The number of hydrogen-bond donors (Lipinski definition) is 9. The number of aliphatic carboxylic acids is 2. The van der Waals surface area contributed by atoms with Crippen molar-refractivity contribution < 1.29 is 78.4 Å². The number of hydrogen-bond acceptors (Lipinski definition) is 13. The van der Waals surface area contributed by atoms with E-state index in [1.165, 1.54) is 0 Å². The number of carbonyl (C=O) groups is 2. The summed E-state index contributed by atoms with van der Waals surface area (Å²) in [4.78, 5) is 31.9. The van der Waals surface area contributed by atoms with Crippen LogP contribution in [0.15, 0.2) is 0 Å². The number of ether oxygens (including phenoxy) is 2. The summed E-state index contributed by atoms with van der Waals surface area (Å²) >= 11 is 0. The molecule has 0 aromatic heterocycles. The molecule has 0 aromatic rings. The van der Waals surface area contributed by atoms with Gasteiger partial charge in [-0.05, 0) is 0 Å². The van der Waals surface area contributed by atoms with Crippen LogP contribution in [-0.2, 0) is 32.7 Å². The van der Waals surface area contributed by atoms with Crippen LogP contribution in [0.25, 0.3) is 0 Å². The van der Waals surface area contributed by atoms with Crippen molar-refractivity contribution in [1.29, 1.82) is 0 Å². The van der Waals surface area contributed by atoms with E-state index in [2.05, 4.69) is 18.5 Å². The molecule has 0 aromatic carbocycles. The topological polar surface area (TPSA) is 270 Å². The van der Waals surface area contributed by atoms with Crippen LogP contribution in [0.4, 0.5) is 0 Å². The first-order valence-electron chi connectivity index (χ1n) is 7.81. The summed E-state index contributed by atoms with van der Waals surface area (Å²) in [5.41, 5.74) is 0. The summed E-state index contributed by atoms with van der Waals surface area (Å²) < 4.78 is 30.1. The Bertz CT molecular complexity index is 670. The molecule has 0 saturated carbocycles. The fourth-order valence-electron chi connectivity index (χ4n) is 2.67. The van der Waals surface area contributed by atoms with E-state index in [0.29, 0.717) is 0 Å². The molecule has 0 spiro atoms. The molecule has 0 amide bonds. The number of aliphatic hydroxyl groups excluding tert-OH is 6. The van der Waals surface area contributed by atoms with E-state index in [-0.39, 0.29) is 0 Å². The monoisotopic (exact) mass is 450 g/mol. The number of rotatable bonds is 6. The van der Waals surface area contributed by atoms with Crippen molar-refractivity contribution in [2.24, 2.45) is 0 Å². The molecule has 2 heterocycles. The zero-order chi connectivity index (χ0) is 22.3. The minimum absolute atomic E-state index is 1.77. The Labute approximate surface area is 160 Å². The van der Waals surface area contributed by atoms with Gasteiger partial charge < -0.3 is 55.2 Å². The Morgan fingerprint density at radius 2 is 1.14 bits per heavy atom. The van der Waals surface area contributed by atoms with E-state index >= 15 is 0 Å². The lowest BCUT2D eigenvalue weighted by molar-refractivity contribution is -0.285. The maximum Gasteiger partial charge on any atom is 0.473 e. The number of carboxylic acids is 2. The molecule has 0 bridgehead atoms. The highest BCUT2D eigenvalue weighted by molar-refractivity contribution is 7.47. The maximum absolute atomic E-state index is 12.2. The van der Waals surface area contributed by atoms with E-state index in [1.54, 1.807) is 0 Å². The highest BCUT2D eigenvalue weighted by atomic mass is 31.2. The van der Waals surface area contributed by atoms with Crippen LogP contribution in [0.1, 0.15) is 0 Å². The Hall–Kier alpha value is -1.27. The second-order valence-electron chi connectivity index (χ2n) is 6.14. The van der Waals surface area contributed by atoms with Crippen molar-refractivity contribution in [1.82, 2.24) is 0 Å². The SMILES string of the molecule is O=C(O)C1O[C@@H](O)C(O)[C@H](O)[C@@H]1OP(=O)(O)OC1[C@@H](O)[C@@H](O)C(C(=O)O)O[C@@H]1O. The molecule has 9 N–H and O–H groups in total. The highest BCUT2D eigenvalue weighted by Gasteiger charge is 2.54. The fraction of sp³-hybridized carbons (Fsp3) is 0.833. The van der Waals surface area contributed by atoms with Gasteiger partial charge in [0, 0.05) is 0 Å². The van der Waals surface area contributed by atoms with Crippen LogP contribution in [0.5, 0.6) is 0 Å². The molecule has 2 aliphatic heterocycles. The minimum Gasteiger partial charge on any atom is -0.479 e. The molecule has 0 aliphatic carbocycles. The first-order valence-corrected chi connectivity index (χ1v) is 9.31. The quantitative estimate of drug-likeness (QED) is 0.171. The minimum atomic E-state index is -5.49. The summed E-state index contributed by atoms with van der Waals surface area (Å²) in [6.45, 7) is 0. The molecule has 11 atom stereocenters. The van der Waals surface area contributed by atoms with Gasteiger partial charge in [-0.1, -0.05) is 0 Å². The fourth-order valence-corrected chi connectivity index (χ4v) is 3.80. The Morgan fingerprint density at radius 3 is 1.66 bits per heavy atom. The average molecular weight is 450 g/mol. The van der Waals surface area contributed by atoms with Crippen LogP contribution < -0.4 is 0 Å². The van der Waals surface area contributed by atoms with E-state index in [1.807, 2.05) is 0 Å². The normalized spacial score (nSPS) is 45.3. The number of carboxylic acid groups (broad SMARTS) is 2. The van der Waals surface area contributed by atoms with Crippen LogP contribution >= 0.6 is 7.82 Å². The Balaban J connectivity index is 2.17. The third-order valence-corrected chi connectivity index (χ3v) is 5.14. The van der Waals surface area contributed by atoms with Gasteiger partial charge in [-0.3, -0.25) is 9.05 Å². The van der Waals surface area contributed by atoms with E-state index in [9.17, 15) is 49.7 Å². The van der Waals surface area contributed by atoms with Crippen molar-refractivity contribution in [2.75, 3.05) is 0 Å². The van der Waals surface area contributed by atoms with E-state index < -0.39 is 81.2 Å². The summed E-state index contributed by atoms with van der Waals surface area (Å²) in [7, 11) is -5.49. The smallest absolute Gasteiger partial charge is 0.473 e. The van der Waals surface area contributed by atoms with Crippen LogP contribution in [0.3, 0.4) is 0 Å². The molecule has 5 unspecified atom stereocenters. The van der Waals surface area contributed by atoms with Gasteiger partial charge >= 0.3 is 19.8 Å². The molecular formula is C12H19O16P. The molecule has 2 aliphatic rings. The number of phosphoric acid groups is 1. The van der Waals surface area contributed by atoms with Gasteiger partial charge in [0.25, 0.3) is 0 Å². The zero-order valence-corrected chi connectivity index (χ0v) is 15.0. The van der Waals surface area contributed by atoms with Gasteiger partial charge in [-0.25, -0.2) is 14.2 Å². The van der Waals surface area contributed by atoms with Crippen molar-refractivity contribution in [3.63, 3.8) is 0 Å². The molecule has 2 fully saturated rings. The van der Waals surface area contributed by atoms with Gasteiger partial charge in [-0.2, -0.15) is 0 Å². The summed E-state index contributed by atoms with van der Waals surface area (Å²) in [5.74, 6) is -3.63.